The maximum absolute atomic E-state index is 13.4. The summed E-state index contributed by atoms with van der Waals surface area (Å²) in [6.07, 6.45) is 2.45. The number of hydrogen-bond donors (Lipinski definition) is 2. The van der Waals surface area contributed by atoms with Crippen molar-refractivity contribution in [2.45, 2.75) is 43.9 Å². The summed E-state index contributed by atoms with van der Waals surface area (Å²) in [7, 11) is 0. The molecule has 0 radical (unpaired) electrons. The van der Waals surface area contributed by atoms with Crippen molar-refractivity contribution in [2.75, 3.05) is 6.54 Å². The van der Waals surface area contributed by atoms with Crippen molar-refractivity contribution < 1.29 is 14.4 Å². The Morgan fingerprint density at radius 3 is 2.54 bits per heavy atom. The van der Waals surface area contributed by atoms with Gasteiger partial charge in [-0.1, -0.05) is 60.7 Å². The van der Waals surface area contributed by atoms with Crippen molar-refractivity contribution >= 4 is 28.5 Å². The summed E-state index contributed by atoms with van der Waals surface area (Å²) in [6.45, 7) is 7.67. The van der Waals surface area contributed by atoms with Crippen LogP contribution in [0.25, 0.3) is 15.6 Å². The zero-order chi connectivity index (χ0) is 24.4. The second-order valence-corrected chi connectivity index (χ2v) is 9.15. The zero-order valence-corrected chi connectivity index (χ0v) is 19.3. The standard InChI is InChI=1S/C28H26N4O3/c1-29-24-14-7-17-32(24)27(35)26(34)30-18-20-9-3-5-12-22(20)25(33)31-28(15-16-28)23-13-6-10-19-8-2-4-11-21(19)23/h2-6,8-13,24H,7,14-18H2,(H,30,34)(H,31,33). The molecule has 1 aliphatic carbocycles. The summed E-state index contributed by atoms with van der Waals surface area (Å²) in [5, 5.41) is 8.14. The molecule has 0 aromatic heterocycles. The number of nitrogens with one attached hydrogen (secondary N) is 2. The highest BCUT2D eigenvalue weighted by atomic mass is 16.2. The molecule has 176 valence electrons. The highest BCUT2D eigenvalue weighted by Gasteiger charge is 2.46. The van der Waals surface area contributed by atoms with E-state index in [4.69, 9.17) is 6.57 Å². The van der Waals surface area contributed by atoms with Gasteiger partial charge in [-0.05, 0) is 47.2 Å². The number of fused-ring (bicyclic) bond motifs is 1. The van der Waals surface area contributed by atoms with Crippen LogP contribution in [0.1, 0.15) is 47.2 Å². The number of hydrogen-bond acceptors (Lipinski definition) is 3. The number of rotatable bonds is 5. The van der Waals surface area contributed by atoms with Crippen molar-refractivity contribution in [3.05, 3.63) is 94.8 Å². The molecular weight excluding hydrogens is 440 g/mol. The van der Waals surface area contributed by atoms with Gasteiger partial charge in [-0.2, -0.15) is 0 Å². The Kier molecular flexibility index (Phi) is 5.96. The van der Waals surface area contributed by atoms with E-state index in [0.29, 0.717) is 30.5 Å². The molecule has 1 saturated carbocycles. The van der Waals surface area contributed by atoms with Crippen LogP contribution in [0.5, 0.6) is 0 Å². The highest BCUT2D eigenvalue weighted by Crippen LogP contribution is 2.48. The predicted octanol–water partition coefficient (Wildman–Crippen LogP) is 3.74. The van der Waals surface area contributed by atoms with Gasteiger partial charge in [0.1, 0.15) is 0 Å². The van der Waals surface area contributed by atoms with E-state index in [0.717, 1.165) is 29.2 Å². The molecule has 3 amide bonds. The third-order valence-electron chi connectivity index (χ3n) is 6.93. The van der Waals surface area contributed by atoms with E-state index in [-0.39, 0.29) is 12.5 Å². The van der Waals surface area contributed by atoms with Crippen molar-refractivity contribution in [1.82, 2.24) is 15.5 Å². The van der Waals surface area contributed by atoms with Gasteiger partial charge in [-0.3, -0.25) is 24.1 Å². The normalized spacial score (nSPS) is 18.0. The van der Waals surface area contributed by atoms with Crippen LogP contribution in [0, 0.1) is 6.57 Å². The molecule has 0 bridgehead atoms. The van der Waals surface area contributed by atoms with E-state index in [2.05, 4.69) is 39.7 Å². The molecule has 0 spiro atoms. The lowest BCUT2D eigenvalue weighted by Crippen LogP contribution is -2.44. The van der Waals surface area contributed by atoms with Crippen LogP contribution in [-0.2, 0) is 21.7 Å². The van der Waals surface area contributed by atoms with Crippen LogP contribution in [0.4, 0.5) is 0 Å². The number of benzene rings is 3. The Bertz CT molecular complexity index is 1350. The van der Waals surface area contributed by atoms with E-state index in [1.807, 2.05) is 18.2 Å². The molecular formula is C28H26N4O3. The van der Waals surface area contributed by atoms with Gasteiger partial charge in [0.15, 0.2) is 0 Å². The summed E-state index contributed by atoms with van der Waals surface area (Å²) in [6, 6.07) is 21.4. The van der Waals surface area contributed by atoms with Crippen molar-refractivity contribution in [1.29, 1.82) is 0 Å². The first-order valence-corrected chi connectivity index (χ1v) is 11.9. The third kappa shape index (κ3) is 4.35. The monoisotopic (exact) mass is 466 g/mol. The summed E-state index contributed by atoms with van der Waals surface area (Å²) >= 11 is 0. The van der Waals surface area contributed by atoms with Crippen LogP contribution < -0.4 is 10.6 Å². The van der Waals surface area contributed by atoms with E-state index < -0.39 is 23.5 Å². The average molecular weight is 467 g/mol. The van der Waals surface area contributed by atoms with E-state index in [1.54, 1.807) is 24.3 Å². The lowest BCUT2D eigenvalue weighted by atomic mass is 9.96. The van der Waals surface area contributed by atoms with Crippen LogP contribution in [0.15, 0.2) is 66.7 Å². The molecule has 7 heteroatoms. The van der Waals surface area contributed by atoms with E-state index in [9.17, 15) is 14.4 Å². The predicted molar refractivity (Wildman–Crippen MR) is 132 cm³/mol. The summed E-state index contributed by atoms with van der Waals surface area (Å²) in [5.41, 5.74) is 1.80. The van der Waals surface area contributed by atoms with Gasteiger partial charge >= 0.3 is 18.0 Å². The maximum atomic E-state index is 13.4. The number of carbonyl (C=O) groups is 3. The zero-order valence-electron chi connectivity index (χ0n) is 19.3. The largest absolute Gasteiger partial charge is 0.344 e. The van der Waals surface area contributed by atoms with Gasteiger partial charge in [0.05, 0.1) is 5.54 Å². The van der Waals surface area contributed by atoms with Gasteiger partial charge in [-0.25, -0.2) is 6.57 Å². The first-order chi connectivity index (χ1) is 17.0. The molecule has 1 saturated heterocycles. The minimum absolute atomic E-state index is 0.0476. The van der Waals surface area contributed by atoms with Crippen LogP contribution in [0.2, 0.25) is 0 Å². The number of amides is 3. The Hall–Kier alpha value is -4.18. The summed E-state index contributed by atoms with van der Waals surface area (Å²) in [5.74, 6) is -1.66. The third-order valence-corrected chi connectivity index (χ3v) is 6.93. The van der Waals surface area contributed by atoms with Crippen LogP contribution in [-0.4, -0.2) is 35.3 Å². The number of likely N-dealkylation sites (tertiary alicyclic amines) is 1. The molecule has 3 aromatic rings. The molecule has 35 heavy (non-hydrogen) atoms. The Balaban J connectivity index is 1.30. The molecule has 1 heterocycles. The van der Waals surface area contributed by atoms with Gasteiger partial charge in [0.2, 0.25) is 0 Å². The minimum Gasteiger partial charge on any atom is -0.344 e. The molecule has 5 rings (SSSR count). The fourth-order valence-electron chi connectivity index (χ4n) is 4.91. The van der Waals surface area contributed by atoms with Gasteiger partial charge in [0.25, 0.3) is 5.91 Å². The fraction of sp³-hybridized carbons (Fsp3) is 0.286. The molecule has 2 N–H and O–H groups in total. The second-order valence-electron chi connectivity index (χ2n) is 9.15. The van der Waals surface area contributed by atoms with Crippen LogP contribution in [0.3, 0.4) is 0 Å². The first kappa shape index (κ1) is 22.6. The van der Waals surface area contributed by atoms with Crippen molar-refractivity contribution in [2.24, 2.45) is 0 Å². The lowest BCUT2D eigenvalue weighted by molar-refractivity contribution is -0.146. The van der Waals surface area contributed by atoms with Gasteiger partial charge < -0.3 is 10.6 Å². The molecule has 1 unspecified atom stereocenters. The van der Waals surface area contributed by atoms with Crippen LogP contribution >= 0.6 is 0 Å². The molecule has 3 aromatic carbocycles. The smallest absolute Gasteiger partial charge is 0.317 e. The molecule has 2 aliphatic rings. The fourth-order valence-corrected chi connectivity index (χ4v) is 4.91. The quantitative estimate of drug-likeness (QED) is 0.444. The average Bonchev–Trinajstić information content (AvgIpc) is 3.51. The lowest BCUT2D eigenvalue weighted by Gasteiger charge is -2.21. The number of carbonyl (C=O) groups excluding carboxylic acids is 3. The minimum atomic E-state index is -0.759. The van der Waals surface area contributed by atoms with E-state index >= 15 is 0 Å². The summed E-state index contributed by atoms with van der Waals surface area (Å²) in [4.78, 5) is 43.1. The van der Waals surface area contributed by atoms with E-state index in [1.165, 1.54) is 4.90 Å². The first-order valence-electron chi connectivity index (χ1n) is 11.9. The molecule has 7 nitrogen and oxygen atoms in total. The molecule has 1 atom stereocenters. The topological polar surface area (TPSA) is 82.9 Å². The van der Waals surface area contributed by atoms with Gasteiger partial charge in [0, 0.05) is 25.1 Å². The Morgan fingerprint density at radius 2 is 1.74 bits per heavy atom. The Labute approximate surface area is 203 Å². The highest BCUT2D eigenvalue weighted by molar-refractivity contribution is 6.35. The Morgan fingerprint density at radius 1 is 1.00 bits per heavy atom. The second kappa shape index (κ2) is 9.22. The van der Waals surface area contributed by atoms with Gasteiger partial charge in [-0.15, -0.1) is 0 Å². The van der Waals surface area contributed by atoms with Crippen molar-refractivity contribution in [3.8, 4) is 0 Å². The molecule has 1 aliphatic heterocycles. The van der Waals surface area contributed by atoms with Crippen molar-refractivity contribution in [3.63, 3.8) is 0 Å². The number of nitrogens with zero attached hydrogens (tertiary/aromatic N) is 2. The SMILES string of the molecule is [C-]#[N+]C1CCCN1C(=O)C(=O)NCc1ccccc1C(=O)NC1(c2cccc3ccccc23)CC1. The maximum Gasteiger partial charge on any atom is 0.317 e. The molecule has 2 fully saturated rings. The summed E-state index contributed by atoms with van der Waals surface area (Å²) < 4.78 is 0.